The standard InChI is InChI=1S/C21H25N7S/c1-2-4-17-14(3-1)18-20(25-13-5-6-15-12(9-13)10-24-28-15)26-19(27-21(18)29-17)16-11-22-7-8-23-16/h7-8,11-13,15,24,28H,1-6,9-10H2,(H,25,26,27). The first kappa shape index (κ1) is 17.7. The van der Waals surface area contributed by atoms with Crippen molar-refractivity contribution in [3.8, 4) is 11.5 Å². The first-order valence-electron chi connectivity index (χ1n) is 10.7. The van der Waals surface area contributed by atoms with Crippen molar-refractivity contribution in [2.45, 2.75) is 57.0 Å². The van der Waals surface area contributed by atoms with Crippen LogP contribution in [0.15, 0.2) is 18.6 Å². The normalized spacial score (nSPS) is 26.3. The van der Waals surface area contributed by atoms with E-state index in [-0.39, 0.29) is 0 Å². The summed E-state index contributed by atoms with van der Waals surface area (Å²) in [6.07, 6.45) is 13.5. The molecule has 0 amide bonds. The molecule has 1 saturated carbocycles. The number of fused-ring (bicyclic) bond motifs is 4. The Hall–Kier alpha value is -2.16. The number of hydrazine groups is 1. The summed E-state index contributed by atoms with van der Waals surface area (Å²) in [7, 11) is 0. The molecule has 3 aromatic heterocycles. The van der Waals surface area contributed by atoms with E-state index in [9.17, 15) is 0 Å². The molecule has 3 unspecified atom stereocenters. The summed E-state index contributed by atoms with van der Waals surface area (Å²) >= 11 is 1.84. The van der Waals surface area contributed by atoms with Gasteiger partial charge in [-0.05, 0) is 56.4 Å². The van der Waals surface area contributed by atoms with Crippen LogP contribution < -0.4 is 16.2 Å². The van der Waals surface area contributed by atoms with E-state index in [1.54, 1.807) is 18.6 Å². The molecule has 3 aromatic rings. The number of nitrogens with zero attached hydrogens (tertiary/aromatic N) is 4. The molecule has 0 radical (unpaired) electrons. The van der Waals surface area contributed by atoms with Crippen LogP contribution in [0.3, 0.4) is 0 Å². The van der Waals surface area contributed by atoms with Crippen molar-refractivity contribution in [3.63, 3.8) is 0 Å². The van der Waals surface area contributed by atoms with Crippen LogP contribution >= 0.6 is 11.3 Å². The molecule has 3 aliphatic rings. The zero-order chi connectivity index (χ0) is 19.2. The summed E-state index contributed by atoms with van der Waals surface area (Å²) < 4.78 is 0. The number of aryl methyl sites for hydroxylation is 2. The molecule has 0 bridgehead atoms. The van der Waals surface area contributed by atoms with Crippen molar-refractivity contribution < 1.29 is 0 Å². The fraction of sp³-hybridized carbons (Fsp3) is 0.524. The minimum absolute atomic E-state index is 0.449. The van der Waals surface area contributed by atoms with Crippen LogP contribution in [0.1, 0.15) is 42.5 Å². The van der Waals surface area contributed by atoms with Gasteiger partial charge in [-0.1, -0.05) is 0 Å². The second-order valence-electron chi connectivity index (χ2n) is 8.42. The van der Waals surface area contributed by atoms with Gasteiger partial charge in [-0.25, -0.2) is 15.0 Å². The minimum atomic E-state index is 0.449. The highest BCUT2D eigenvalue weighted by atomic mass is 32.1. The smallest absolute Gasteiger partial charge is 0.183 e. The highest BCUT2D eigenvalue weighted by Crippen LogP contribution is 2.40. The molecule has 0 spiro atoms. The number of nitrogens with one attached hydrogen (secondary N) is 3. The molecular weight excluding hydrogens is 382 g/mol. The Balaban J connectivity index is 1.42. The maximum absolute atomic E-state index is 4.98. The predicted molar refractivity (Wildman–Crippen MR) is 115 cm³/mol. The van der Waals surface area contributed by atoms with Crippen molar-refractivity contribution in [2.24, 2.45) is 5.92 Å². The number of thiophene rings is 1. The fourth-order valence-corrected chi connectivity index (χ4v) is 6.38. The topological polar surface area (TPSA) is 87.7 Å². The minimum Gasteiger partial charge on any atom is -0.367 e. The lowest BCUT2D eigenvalue weighted by Gasteiger charge is -2.31. The van der Waals surface area contributed by atoms with E-state index in [1.807, 2.05) is 11.3 Å². The van der Waals surface area contributed by atoms with Gasteiger partial charge < -0.3 is 5.32 Å². The second kappa shape index (κ2) is 7.27. The molecular formula is C21H25N7S. The third-order valence-corrected chi connectivity index (χ3v) is 7.77. The van der Waals surface area contributed by atoms with Gasteiger partial charge in [0.15, 0.2) is 5.82 Å². The molecule has 0 aromatic carbocycles. The van der Waals surface area contributed by atoms with Crippen molar-refractivity contribution in [3.05, 3.63) is 29.0 Å². The summed E-state index contributed by atoms with van der Waals surface area (Å²) in [4.78, 5) is 21.1. The van der Waals surface area contributed by atoms with Crippen LogP contribution in [0.25, 0.3) is 21.7 Å². The molecule has 2 aliphatic carbocycles. The summed E-state index contributed by atoms with van der Waals surface area (Å²) in [6, 6.07) is 1.06. The molecule has 3 atom stereocenters. The van der Waals surface area contributed by atoms with Gasteiger partial charge in [0.25, 0.3) is 0 Å². The van der Waals surface area contributed by atoms with E-state index in [1.165, 1.54) is 47.9 Å². The SMILES string of the molecule is c1cnc(-c2nc(NC3CCC4NNCC4C3)c3c4c(sc3n2)CCCC4)cn1. The van der Waals surface area contributed by atoms with E-state index >= 15 is 0 Å². The van der Waals surface area contributed by atoms with Crippen molar-refractivity contribution in [2.75, 3.05) is 11.9 Å². The van der Waals surface area contributed by atoms with E-state index in [4.69, 9.17) is 9.97 Å². The number of anilines is 1. The van der Waals surface area contributed by atoms with Crippen molar-refractivity contribution >= 4 is 27.4 Å². The number of hydrogen-bond acceptors (Lipinski definition) is 8. The van der Waals surface area contributed by atoms with Crippen molar-refractivity contribution in [1.82, 2.24) is 30.8 Å². The number of rotatable bonds is 3. The van der Waals surface area contributed by atoms with Gasteiger partial charge >= 0.3 is 0 Å². The van der Waals surface area contributed by atoms with Gasteiger partial charge in [0.1, 0.15) is 16.3 Å². The van der Waals surface area contributed by atoms with Crippen LogP contribution in [-0.4, -0.2) is 38.6 Å². The van der Waals surface area contributed by atoms with Crippen LogP contribution in [-0.2, 0) is 12.8 Å². The molecule has 150 valence electrons. The molecule has 2 fully saturated rings. The maximum atomic E-state index is 4.98. The highest BCUT2D eigenvalue weighted by molar-refractivity contribution is 7.19. The van der Waals surface area contributed by atoms with Gasteiger partial charge in [-0.3, -0.25) is 15.8 Å². The predicted octanol–water partition coefficient (Wildman–Crippen LogP) is 3.08. The molecule has 1 aliphatic heterocycles. The van der Waals surface area contributed by atoms with E-state index in [0.717, 1.165) is 35.7 Å². The molecule has 7 nitrogen and oxygen atoms in total. The molecule has 3 N–H and O–H groups in total. The lowest BCUT2D eigenvalue weighted by Crippen LogP contribution is -2.39. The van der Waals surface area contributed by atoms with E-state index in [0.29, 0.717) is 23.8 Å². The summed E-state index contributed by atoms with van der Waals surface area (Å²) in [5.41, 5.74) is 8.96. The average molecular weight is 408 g/mol. The summed E-state index contributed by atoms with van der Waals surface area (Å²) in [6.45, 7) is 1.06. The molecule has 1 saturated heterocycles. The second-order valence-corrected chi connectivity index (χ2v) is 9.51. The Morgan fingerprint density at radius 2 is 2.07 bits per heavy atom. The first-order chi connectivity index (χ1) is 14.3. The largest absolute Gasteiger partial charge is 0.367 e. The lowest BCUT2D eigenvalue weighted by atomic mass is 9.83. The van der Waals surface area contributed by atoms with E-state index in [2.05, 4.69) is 26.1 Å². The summed E-state index contributed by atoms with van der Waals surface area (Å²) in [5.74, 6) is 2.36. The molecule has 4 heterocycles. The Morgan fingerprint density at radius 3 is 3.00 bits per heavy atom. The van der Waals surface area contributed by atoms with Crippen LogP contribution in [0.5, 0.6) is 0 Å². The van der Waals surface area contributed by atoms with Crippen LogP contribution in [0.2, 0.25) is 0 Å². The maximum Gasteiger partial charge on any atom is 0.183 e. The van der Waals surface area contributed by atoms with E-state index < -0.39 is 0 Å². The van der Waals surface area contributed by atoms with Gasteiger partial charge in [0, 0.05) is 35.9 Å². The zero-order valence-corrected chi connectivity index (χ0v) is 17.1. The molecule has 8 heteroatoms. The van der Waals surface area contributed by atoms with Crippen LogP contribution in [0, 0.1) is 5.92 Å². The van der Waals surface area contributed by atoms with Gasteiger partial charge in [-0.2, -0.15) is 0 Å². The Bertz CT molecular complexity index is 1030. The molecule has 6 rings (SSSR count). The Labute approximate surface area is 173 Å². The third kappa shape index (κ3) is 3.19. The lowest BCUT2D eigenvalue weighted by molar-refractivity contribution is 0.314. The van der Waals surface area contributed by atoms with Gasteiger partial charge in [-0.15, -0.1) is 11.3 Å². The zero-order valence-electron chi connectivity index (χ0n) is 16.3. The third-order valence-electron chi connectivity index (χ3n) is 6.58. The number of hydrogen-bond donors (Lipinski definition) is 3. The highest BCUT2D eigenvalue weighted by Gasteiger charge is 2.34. The van der Waals surface area contributed by atoms with Gasteiger partial charge in [0.2, 0.25) is 0 Å². The Morgan fingerprint density at radius 1 is 1.10 bits per heavy atom. The Kier molecular flexibility index (Phi) is 4.43. The molecule has 29 heavy (non-hydrogen) atoms. The van der Waals surface area contributed by atoms with Crippen LogP contribution in [0.4, 0.5) is 5.82 Å². The first-order valence-corrected chi connectivity index (χ1v) is 11.5. The van der Waals surface area contributed by atoms with Gasteiger partial charge in [0.05, 0.1) is 11.6 Å². The monoisotopic (exact) mass is 407 g/mol. The average Bonchev–Trinajstić information content (AvgIpc) is 3.38. The quantitative estimate of drug-likeness (QED) is 0.615. The number of aromatic nitrogens is 4. The fourth-order valence-electron chi connectivity index (χ4n) is 5.12. The van der Waals surface area contributed by atoms with Crippen molar-refractivity contribution in [1.29, 1.82) is 0 Å². The summed E-state index contributed by atoms with van der Waals surface area (Å²) in [5, 5.41) is 5.09.